The molecule has 1 aromatic rings. The average molecular weight is 290 g/mol. The van der Waals surface area contributed by atoms with Crippen LogP contribution in [0.1, 0.15) is 23.7 Å². The zero-order valence-corrected chi connectivity index (χ0v) is 11.3. The van der Waals surface area contributed by atoms with Gasteiger partial charge in [-0.3, -0.25) is 4.79 Å². The van der Waals surface area contributed by atoms with Crippen molar-refractivity contribution in [3.8, 4) is 5.75 Å². The number of nitrogen functional groups attached to an aromatic ring is 1. The fraction of sp³-hybridized carbons (Fsp3) is 0.462. The summed E-state index contributed by atoms with van der Waals surface area (Å²) in [6.07, 6.45) is -4.00. The van der Waals surface area contributed by atoms with E-state index in [1.54, 1.807) is 6.92 Å². The molecule has 7 heteroatoms. The number of nitrogens with two attached hydrogens (primary N) is 1. The molecule has 0 bridgehead atoms. The van der Waals surface area contributed by atoms with Crippen LogP contribution < -0.4 is 10.5 Å². The molecule has 0 radical (unpaired) electrons. The number of anilines is 1. The minimum Gasteiger partial charge on any atom is -0.497 e. The lowest BCUT2D eigenvalue weighted by atomic mass is 10.1. The van der Waals surface area contributed by atoms with Gasteiger partial charge in [0.05, 0.1) is 7.11 Å². The molecule has 0 heterocycles. The summed E-state index contributed by atoms with van der Waals surface area (Å²) in [6.45, 7) is 0.447. The second-order valence-corrected chi connectivity index (χ2v) is 4.34. The number of halogens is 3. The maximum atomic E-state index is 12.5. The van der Waals surface area contributed by atoms with Gasteiger partial charge in [0.1, 0.15) is 12.3 Å². The molecule has 2 N–H and O–H groups in total. The van der Waals surface area contributed by atoms with E-state index in [-0.39, 0.29) is 17.8 Å². The number of hydrogen-bond donors (Lipinski definition) is 1. The molecule has 4 nitrogen and oxygen atoms in total. The minimum atomic E-state index is -4.44. The van der Waals surface area contributed by atoms with E-state index in [1.807, 2.05) is 0 Å². The van der Waals surface area contributed by atoms with E-state index in [0.29, 0.717) is 12.2 Å². The van der Waals surface area contributed by atoms with Gasteiger partial charge in [0, 0.05) is 23.9 Å². The highest BCUT2D eigenvalue weighted by Crippen LogP contribution is 2.22. The highest BCUT2D eigenvalue weighted by molar-refractivity contribution is 5.95. The summed E-state index contributed by atoms with van der Waals surface area (Å²) < 4.78 is 42.4. The molecule has 0 aliphatic heterocycles. The molecule has 1 aromatic carbocycles. The molecule has 0 aliphatic carbocycles. The van der Waals surface area contributed by atoms with Gasteiger partial charge < -0.3 is 15.4 Å². The number of nitrogens with zero attached hydrogens (tertiary/aromatic N) is 1. The van der Waals surface area contributed by atoms with Crippen LogP contribution in [-0.2, 0) is 0 Å². The average Bonchev–Trinajstić information content (AvgIpc) is 2.35. The van der Waals surface area contributed by atoms with Crippen molar-refractivity contribution < 1.29 is 22.7 Å². The number of amides is 1. The number of rotatable bonds is 5. The van der Waals surface area contributed by atoms with E-state index in [4.69, 9.17) is 10.5 Å². The van der Waals surface area contributed by atoms with Gasteiger partial charge in [0.15, 0.2) is 0 Å². The van der Waals surface area contributed by atoms with E-state index in [2.05, 4.69) is 0 Å². The summed E-state index contributed by atoms with van der Waals surface area (Å²) in [7, 11) is 1.39. The van der Waals surface area contributed by atoms with Gasteiger partial charge in [-0.15, -0.1) is 0 Å². The number of carbonyl (C=O) groups excluding carboxylic acids is 1. The summed E-state index contributed by atoms with van der Waals surface area (Å²) in [5.74, 6) is -0.383. The van der Waals surface area contributed by atoms with Gasteiger partial charge >= 0.3 is 6.18 Å². The van der Waals surface area contributed by atoms with Crippen LogP contribution in [0.3, 0.4) is 0 Å². The first kappa shape index (κ1) is 16.1. The Bertz CT molecular complexity index is 475. The van der Waals surface area contributed by atoms with Crippen LogP contribution in [0.25, 0.3) is 0 Å². The predicted octanol–water partition coefficient (Wildman–Crippen LogP) is 2.69. The topological polar surface area (TPSA) is 55.6 Å². The number of hydrogen-bond acceptors (Lipinski definition) is 3. The molecule has 0 spiro atoms. The summed E-state index contributed by atoms with van der Waals surface area (Å²) in [5, 5.41) is 0. The van der Waals surface area contributed by atoms with Gasteiger partial charge in [-0.1, -0.05) is 6.92 Å². The zero-order valence-electron chi connectivity index (χ0n) is 11.3. The summed E-state index contributed by atoms with van der Waals surface area (Å²) in [6, 6.07) is 4.20. The maximum absolute atomic E-state index is 12.5. The van der Waals surface area contributed by atoms with Crippen molar-refractivity contribution >= 4 is 11.6 Å². The molecular formula is C13H17F3N2O2. The zero-order chi connectivity index (χ0) is 15.3. The number of ether oxygens (including phenoxy) is 1. The Morgan fingerprint density at radius 2 is 2.00 bits per heavy atom. The van der Waals surface area contributed by atoms with Crippen molar-refractivity contribution in [3.05, 3.63) is 23.8 Å². The Morgan fingerprint density at radius 1 is 1.35 bits per heavy atom. The van der Waals surface area contributed by atoms with Crippen LogP contribution >= 0.6 is 0 Å². The van der Waals surface area contributed by atoms with E-state index in [1.165, 1.54) is 25.3 Å². The van der Waals surface area contributed by atoms with Crippen molar-refractivity contribution in [2.45, 2.75) is 19.5 Å². The van der Waals surface area contributed by atoms with E-state index >= 15 is 0 Å². The molecule has 1 amide bonds. The van der Waals surface area contributed by atoms with Gasteiger partial charge in [0.2, 0.25) is 0 Å². The van der Waals surface area contributed by atoms with E-state index in [0.717, 1.165) is 4.90 Å². The van der Waals surface area contributed by atoms with Crippen LogP contribution in [0.15, 0.2) is 18.2 Å². The van der Waals surface area contributed by atoms with Gasteiger partial charge in [0.25, 0.3) is 5.91 Å². The molecule has 0 aliphatic rings. The summed E-state index contributed by atoms with van der Waals surface area (Å²) in [5.41, 5.74) is 5.94. The molecule has 0 atom stereocenters. The van der Waals surface area contributed by atoms with Crippen LogP contribution in [0.4, 0.5) is 18.9 Å². The minimum absolute atomic E-state index is 0.0233. The van der Waals surface area contributed by atoms with E-state index in [9.17, 15) is 18.0 Å². The highest BCUT2D eigenvalue weighted by Gasteiger charge is 2.33. The molecule has 1 rings (SSSR count). The van der Waals surface area contributed by atoms with Crippen LogP contribution in [-0.4, -0.2) is 37.2 Å². The Hall–Kier alpha value is -1.92. The molecule has 0 unspecified atom stereocenters. The monoisotopic (exact) mass is 290 g/mol. The molecule has 20 heavy (non-hydrogen) atoms. The quantitative estimate of drug-likeness (QED) is 0.848. The molecule has 0 aromatic heterocycles. The second kappa shape index (κ2) is 6.49. The molecule has 0 saturated carbocycles. The molecular weight excluding hydrogens is 273 g/mol. The Labute approximate surface area is 115 Å². The third-order valence-corrected chi connectivity index (χ3v) is 2.56. The van der Waals surface area contributed by atoms with Crippen LogP contribution in [0.5, 0.6) is 5.75 Å². The molecule has 0 fully saturated rings. The van der Waals surface area contributed by atoms with Crippen LogP contribution in [0, 0.1) is 0 Å². The molecule has 0 saturated heterocycles. The SMILES string of the molecule is CCCN(CC(F)(F)F)C(=O)c1cc(N)cc(OC)c1. The van der Waals surface area contributed by atoms with Crippen molar-refractivity contribution in [2.75, 3.05) is 25.9 Å². The first-order valence-electron chi connectivity index (χ1n) is 6.07. The van der Waals surface area contributed by atoms with Gasteiger partial charge in [-0.2, -0.15) is 13.2 Å². The lowest BCUT2D eigenvalue weighted by Gasteiger charge is -2.23. The number of carbonyl (C=O) groups is 1. The van der Waals surface area contributed by atoms with E-state index < -0.39 is 18.6 Å². The first-order valence-corrected chi connectivity index (χ1v) is 6.07. The second-order valence-electron chi connectivity index (χ2n) is 4.34. The van der Waals surface area contributed by atoms with Crippen molar-refractivity contribution in [1.29, 1.82) is 0 Å². The van der Waals surface area contributed by atoms with Gasteiger partial charge in [-0.05, 0) is 18.6 Å². The highest BCUT2D eigenvalue weighted by atomic mass is 19.4. The smallest absolute Gasteiger partial charge is 0.406 e. The lowest BCUT2D eigenvalue weighted by Crippen LogP contribution is -2.39. The third kappa shape index (κ3) is 4.64. The Morgan fingerprint density at radius 3 is 2.50 bits per heavy atom. The standard InChI is InChI=1S/C13H17F3N2O2/c1-3-4-18(8-13(14,15)16)12(19)9-5-10(17)7-11(6-9)20-2/h5-7H,3-4,8,17H2,1-2H3. The Balaban J connectivity index is 3.02. The number of methoxy groups -OCH3 is 1. The largest absolute Gasteiger partial charge is 0.497 e. The number of alkyl halides is 3. The summed E-state index contributed by atoms with van der Waals surface area (Å²) >= 11 is 0. The third-order valence-electron chi connectivity index (χ3n) is 2.56. The fourth-order valence-corrected chi connectivity index (χ4v) is 1.78. The fourth-order valence-electron chi connectivity index (χ4n) is 1.78. The predicted molar refractivity (Wildman–Crippen MR) is 69.7 cm³/mol. The summed E-state index contributed by atoms with van der Waals surface area (Å²) in [4.78, 5) is 12.9. The van der Waals surface area contributed by atoms with Crippen molar-refractivity contribution in [3.63, 3.8) is 0 Å². The van der Waals surface area contributed by atoms with Crippen molar-refractivity contribution in [2.24, 2.45) is 0 Å². The first-order chi connectivity index (χ1) is 9.26. The Kier molecular flexibility index (Phi) is 5.24. The van der Waals surface area contributed by atoms with Gasteiger partial charge in [-0.25, -0.2) is 0 Å². The van der Waals surface area contributed by atoms with Crippen molar-refractivity contribution in [1.82, 2.24) is 4.90 Å². The number of benzene rings is 1. The molecule has 112 valence electrons. The normalized spacial score (nSPS) is 11.2. The maximum Gasteiger partial charge on any atom is 0.406 e. The lowest BCUT2D eigenvalue weighted by molar-refractivity contribution is -0.140. The van der Waals surface area contributed by atoms with Crippen LogP contribution in [0.2, 0.25) is 0 Å².